The molecule has 0 unspecified atom stereocenters. The van der Waals surface area contributed by atoms with Gasteiger partial charge in [-0.25, -0.2) is 0 Å². The van der Waals surface area contributed by atoms with Crippen LogP contribution in [0.1, 0.15) is 11.3 Å². The second-order valence-corrected chi connectivity index (χ2v) is 8.95. The Labute approximate surface area is 179 Å². The molecule has 0 spiro atoms. The Balaban J connectivity index is 1.47. The predicted molar refractivity (Wildman–Crippen MR) is 115 cm³/mol. The number of carbonyl (C=O) groups is 2. The highest BCUT2D eigenvalue weighted by atomic mass is 79.9. The van der Waals surface area contributed by atoms with E-state index in [0.717, 1.165) is 31.8 Å². The zero-order valence-corrected chi connectivity index (χ0v) is 17.7. The largest absolute Gasteiger partial charge is 0.450 e. The number of imide groups is 1. The maximum absolute atomic E-state index is 12.6. The van der Waals surface area contributed by atoms with Crippen molar-refractivity contribution in [1.29, 1.82) is 0 Å². The second-order valence-electron chi connectivity index (χ2n) is 5.97. The molecule has 0 saturated carbocycles. The topological polar surface area (TPSA) is 50.5 Å². The zero-order valence-electron chi connectivity index (χ0n) is 14.5. The molecule has 2 heterocycles. The summed E-state index contributed by atoms with van der Waals surface area (Å²) in [6.45, 7) is 0.253. The lowest BCUT2D eigenvalue weighted by atomic mass is 10.2. The fraction of sp³-hybridized carbons (Fsp3) is 0.0476. The number of furan rings is 1. The monoisotopic (exact) mass is 471 g/mol. The van der Waals surface area contributed by atoms with Gasteiger partial charge >= 0.3 is 0 Å². The minimum Gasteiger partial charge on any atom is -0.450 e. The van der Waals surface area contributed by atoms with Crippen molar-refractivity contribution in [1.82, 2.24) is 4.90 Å². The van der Waals surface area contributed by atoms with E-state index in [-0.39, 0.29) is 17.7 Å². The fourth-order valence-corrected chi connectivity index (χ4v) is 4.49. The number of thioether (sulfide) groups is 1. The van der Waals surface area contributed by atoms with Gasteiger partial charge in [0.1, 0.15) is 5.76 Å². The summed E-state index contributed by atoms with van der Waals surface area (Å²) in [4.78, 5) is 27.6. The van der Waals surface area contributed by atoms with E-state index in [2.05, 4.69) is 15.9 Å². The molecule has 0 atom stereocenters. The van der Waals surface area contributed by atoms with E-state index in [1.807, 2.05) is 60.7 Å². The summed E-state index contributed by atoms with van der Waals surface area (Å²) in [5.74, 6) is 0.249. The molecule has 4 nitrogen and oxygen atoms in total. The first-order valence-corrected chi connectivity index (χ1v) is 10.8. The molecule has 1 fully saturated rings. The van der Waals surface area contributed by atoms with Crippen molar-refractivity contribution in [3.05, 3.63) is 87.4 Å². The maximum Gasteiger partial charge on any atom is 0.293 e. The number of benzene rings is 2. The first kappa shape index (κ1) is 19.1. The van der Waals surface area contributed by atoms with Gasteiger partial charge in [-0.1, -0.05) is 58.0 Å². The van der Waals surface area contributed by atoms with Crippen molar-refractivity contribution >= 4 is 56.7 Å². The minimum atomic E-state index is -0.299. The molecule has 4 rings (SSSR count). The van der Waals surface area contributed by atoms with E-state index in [4.69, 9.17) is 4.42 Å². The Hall–Kier alpha value is -2.22. The van der Waals surface area contributed by atoms with Crippen LogP contribution in [0.4, 0.5) is 4.79 Å². The molecule has 28 heavy (non-hydrogen) atoms. The van der Waals surface area contributed by atoms with Crippen LogP contribution < -0.4 is 0 Å². The van der Waals surface area contributed by atoms with Gasteiger partial charge in [-0.3, -0.25) is 14.5 Å². The lowest BCUT2D eigenvalue weighted by Crippen LogP contribution is -2.27. The number of rotatable bonds is 5. The zero-order chi connectivity index (χ0) is 19.5. The molecule has 1 aromatic heterocycles. The first-order valence-electron chi connectivity index (χ1n) is 8.41. The summed E-state index contributed by atoms with van der Waals surface area (Å²) < 4.78 is 6.74. The summed E-state index contributed by atoms with van der Waals surface area (Å²) in [5.41, 5.74) is 0.895. The van der Waals surface area contributed by atoms with Crippen LogP contribution in [0.5, 0.6) is 0 Å². The fourth-order valence-electron chi connectivity index (χ4n) is 2.61. The Bertz CT molecular complexity index is 1050. The van der Waals surface area contributed by atoms with E-state index in [1.165, 1.54) is 16.7 Å². The van der Waals surface area contributed by atoms with E-state index < -0.39 is 0 Å². The Kier molecular flexibility index (Phi) is 5.75. The van der Waals surface area contributed by atoms with Gasteiger partial charge in [0.2, 0.25) is 0 Å². The number of amides is 2. The van der Waals surface area contributed by atoms with E-state index >= 15 is 0 Å². The van der Waals surface area contributed by atoms with Crippen LogP contribution in [-0.2, 0) is 11.3 Å². The molecule has 3 aromatic rings. The number of carbonyl (C=O) groups excluding carboxylic acids is 2. The van der Waals surface area contributed by atoms with Gasteiger partial charge in [0.05, 0.1) is 11.4 Å². The molecule has 1 aliphatic rings. The number of hydrogen-bond donors (Lipinski definition) is 0. The SMILES string of the molecule is O=C1S/C(=C\c2ccc(Sc3ccccc3)o2)C(=O)N1Cc1ccc(Br)cc1. The van der Waals surface area contributed by atoms with Crippen LogP contribution in [-0.4, -0.2) is 16.0 Å². The standard InChI is InChI=1S/C21H14BrNO3S2/c22-15-8-6-14(7-9-15)13-23-20(24)18(28-21(23)25)12-16-10-11-19(26-16)27-17-4-2-1-3-5-17/h1-12H,13H2/b18-12-. The molecule has 1 aliphatic heterocycles. The molecule has 1 saturated heterocycles. The van der Waals surface area contributed by atoms with Crippen LogP contribution >= 0.6 is 39.5 Å². The molecule has 2 aromatic carbocycles. The summed E-state index contributed by atoms with van der Waals surface area (Å²) in [7, 11) is 0. The van der Waals surface area contributed by atoms with Crippen LogP contribution in [0.2, 0.25) is 0 Å². The van der Waals surface area contributed by atoms with Gasteiger partial charge in [-0.15, -0.1) is 0 Å². The summed E-state index contributed by atoms with van der Waals surface area (Å²) in [6.07, 6.45) is 1.63. The van der Waals surface area contributed by atoms with Crippen LogP contribution in [0.25, 0.3) is 6.08 Å². The molecule has 140 valence electrons. The average Bonchev–Trinajstić information content (AvgIpc) is 3.24. The highest BCUT2D eigenvalue weighted by Gasteiger charge is 2.35. The summed E-state index contributed by atoms with van der Waals surface area (Å²) in [5, 5.41) is 0.455. The Morgan fingerprint density at radius 3 is 2.50 bits per heavy atom. The van der Waals surface area contributed by atoms with Gasteiger partial charge in [0.25, 0.3) is 11.1 Å². The molecule has 2 amide bonds. The molecule has 7 heteroatoms. The van der Waals surface area contributed by atoms with Gasteiger partial charge in [0, 0.05) is 15.4 Å². The van der Waals surface area contributed by atoms with Crippen LogP contribution in [0, 0.1) is 0 Å². The van der Waals surface area contributed by atoms with Crippen molar-refractivity contribution in [2.45, 2.75) is 16.5 Å². The van der Waals surface area contributed by atoms with Crippen molar-refractivity contribution in [3.63, 3.8) is 0 Å². The lowest BCUT2D eigenvalue weighted by Gasteiger charge is -2.12. The molecule has 0 radical (unpaired) electrons. The molecular weight excluding hydrogens is 458 g/mol. The number of hydrogen-bond acceptors (Lipinski definition) is 5. The first-order chi connectivity index (χ1) is 13.6. The van der Waals surface area contributed by atoms with Crippen LogP contribution in [0.3, 0.4) is 0 Å². The highest BCUT2D eigenvalue weighted by molar-refractivity contribution is 9.10. The highest BCUT2D eigenvalue weighted by Crippen LogP contribution is 2.35. The van der Waals surface area contributed by atoms with Crippen molar-refractivity contribution in [2.75, 3.05) is 0 Å². The van der Waals surface area contributed by atoms with Gasteiger partial charge in [0.15, 0.2) is 5.09 Å². The normalized spacial score (nSPS) is 15.6. The third-order valence-electron chi connectivity index (χ3n) is 3.96. The van der Waals surface area contributed by atoms with E-state index in [0.29, 0.717) is 10.7 Å². The molecule has 0 N–H and O–H groups in total. The lowest BCUT2D eigenvalue weighted by molar-refractivity contribution is -0.123. The van der Waals surface area contributed by atoms with Crippen molar-refractivity contribution < 1.29 is 14.0 Å². The number of halogens is 1. The third-order valence-corrected chi connectivity index (χ3v) is 6.33. The van der Waals surface area contributed by atoms with Gasteiger partial charge in [-0.2, -0.15) is 0 Å². The van der Waals surface area contributed by atoms with E-state index in [1.54, 1.807) is 12.1 Å². The minimum absolute atomic E-state index is 0.253. The Morgan fingerprint density at radius 2 is 1.75 bits per heavy atom. The van der Waals surface area contributed by atoms with Crippen molar-refractivity contribution in [3.8, 4) is 0 Å². The smallest absolute Gasteiger partial charge is 0.293 e. The second kappa shape index (κ2) is 8.43. The third kappa shape index (κ3) is 4.43. The van der Waals surface area contributed by atoms with E-state index in [9.17, 15) is 9.59 Å². The number of nitrogens with zero attached hydrogens (tertiary/aromatic N) is 1. The average molecular weight is 472 g/mol. The van der Waals surface area contributed by atoms with Gasteiger partial charge in [-0.05, 0) is 53.7 Å². The molecule has 0 bridgehead atoms. The van der Waals surface area contributed by atoms with Crippen molar-refractivity contribution in [2.24, 2.45) is 0 Å². The quantitative estimate of drug-likeness (QED) is 0.401. The molecular formula is C21H14BrNO3S2. The maximum atomic E-state index is 12.6. The van der Waals surface area contributed by atoms with Crippen LogP contribution in [0.15, 0.2) is 90.5 Å². The predicted octanol–water partition coefficient (Wildman–Crippen LogP) is 6.43. The molecule has 0 aliphatic carbocycles. The Morgan fingerprint density at radius 1 is 1.00 bits per heavy atom. The summed E-state index contributed by atoms with van der Waals surface area (Å²) in [6, 6.07) is 21.1. The van der Waals surface area contributed by atoms with Gasteiger partial charge < -0.3 is 4.42 Å². The summed E-state index contributed by atoms with van der Waals surface area (Å²) >= 11 is 5.82.